The van der Waals surface area contributed by atoms with Crippen LogP contribution in [0, 0.1) is 11.7 Å². The van der Waals surface area contributed by atoms with Crippen molar-refractivity contribution in [1.82, 2.24) is 14.9 Å². The number of halogens is 2. The van der Waals surface area contributed by atoms with E-state index in [2.05, 4.69) is 26.6 Å². The van der Waals surface area contributed by atoms with Crippen molar-refractivity contribution in [3.63, 3.8) is 0 Å². The fourth-order valence-corrected chi connectivity index (χ4v) is 6.55. The zero-order valence-electron chi connectivity index (χ0n) is 19.3. The monoisotopic (exact) mass is 565 g/mol. The van der Waals surface area contributed by atoms with Gasteiger partial charge in [-0.1, -0.05) is 28.8 Å². The van der Waals surface area contributed by atoms with Crippen LogP contribution in [0.1, 0.15) is 48.9 Å². The van der Waals surface area contributed by atoms with Crippen molar-refractivity contribution in [2.45, 2.75) is 55.5 Å². The molecule has 2 aromatic carbocycles. The van der Waals surface area contributed by atoms with Crippen LogP contribution >= 0.6 is 15.9 Å². The topological polar surface area (TPSA) is 95.6 Å². The SMILES string of the molecule is O=C(N[C@@H]1CCCC[C@H]1NC(=O)C1CCCN(S(=O)(=O)c2ccc(Br)cc2)C1)c1ccc(F)cc1. The van der Waals surface area contributed by atoms with E-state index in [0.29, 0.717) is 24.9 Å². The number of amides is 2. The van der Waals surface area contributed by atoms with E-state index >= 15 is 0 Å². The molecule has 1 heterocycles. The first-order chi connectivity index (χ1) is 16.7. The predicted molar refractivity (Wildman–Crippen MR) is 134 cm³/mol. The quantitative estimate of drug-likeness (QED) is 0.556. The van der Waals surface area contributed by atoms with Crippen molar-refractivity contribution in [2.75, 3.05) is 13.1 Å². The lowest BCUT2D eigenvalue weighted by atomic mass is 9.89. The molecule has 1 aliphatic heterocycles. The van der Waals surface area contributed by atoms with Gasteiger partial charge in [0.05, 0.1) is 10.8 Å². The van der Waals surface area contributed by atoms with E-state index in [1.807, 2.05) is 0 Å². The molecule has 0 aromatic heterocycles. The fourth-order valence-electron chi connectivity index (χ4n) is 4.76. The van der Waals surface area contributed by atoms with E-state index in [-0.39, 0.29) is 35.3 Å². The van der Waals surface area contributed by atoms with Crippen LogP contribution in [0.25, 0.3) is 0 Å². The van der Waals surface area contributed by atoms with Gasteiger partial charge in [-0.05, 0) is 74.2 Å². The number of carbonyl (C=O) groups is 2. The zero-order valence-corrected chi connectivity index (χ0v) is 21.7. The van der Waals surface area contributed by atoms with Gasteiger partial charge in [0.15, 0.2) is 0 Å². The van der Waals surface area contributed by atoms with Crippen LogP contribution in [0.5, 0.6) is 0 Å². The Morgan fingerprint density at radius 3 is 2.17 bits per heavy atom. The molecule has 1 unspecified atom stereocenters. The van der Waals surface area contributed by atoms with Crippen molar-refractivity contribution in [3.05, 3.63) is 64.4 Å². The van der Waals surface area contributed by atoms with Gasteiger partial charge < -0.3 is 10.6 Å². The predicted octanol–water partition coefficient (Wildman–Crippen LogP) is 3.85. The van der Waals surface area contributed by atoms with Crippen LogP contribution in [-0.2, 0) is 14.8 Å². The Balaban J connectivity index is 1.39. The third-order valence-corrected chi connectivity index (χ3v) is 9.13. The Hall–Kier alpha value is -2.30. The summed E-state index contributed by atoms with van der Waals surface area (Å²) in [6, 6.07) is 11.4. The summed E-state index contributed by atoms with van der Waals surface area (Å²) in [4.78, 5) is 26.0. The molecule has 2 N–H and O–H groups in total. The normalized spacial score (nSPS) is 23.4. The van der Waals surface area contributed by atoms with Gasteiger partial charge in [0.1, 0.15) is 5.82 Å². The number of rotatable bonds is 6. The number of hydrogen-bond donors (Lipinski definition) is 2. The Bertz CT molecular complexity index is 1160. The smallest absolute Gasteiger partial charge is 0.251 e. The Kier molecular flexibility index (Phi) is 8.23. The van der Waals surface area contributed by atoms with E-state index in [1.54, 1.807) is 24.3 Å². The molecule has 2 aliphatic rings. The van der Waals surface area contributed by atoms with E-state index in [4.69, 9.17) is 0 Å². The Morgan fingerprint density at radius 1 is 0.886 bits per heavy atom. The minimum atomic E-state index is -3.69. The van der Waals surface area contributed by atoms with E-state index < -0.39 is 21.8 Å². The van der Waals surface area contributed by atoms with Gasteiger partial charge in [-0.25, -0.2) is 12.8 Å². The first kappa shape index (κ1) is 25.8. The summed E-state index contributed by atoms with van der Waals surface area (Å²) in [6.45, 7) is 0.505. The van der Waals surface area contributed by atoms with Gasteiger partial charge in [-0.15, -0.1) is 0 Å². The summed E-state index contributed by atoms with van der Waals surface area (Å²) in [5, 5.41) is 6.07. The second kappa shape index (κ2) is 11.2. The first-order valence-electron chi connectivity index (χ1n) is 11.9. The summed E-state index contributed by atoms with van der Waals surface area (Å²) < 4.78 is 41.6. The molecule has 0 radical (unpaired) electrons. The lowest BCUT2D eigenvalue weighted by molar-refractivity contribution is -0.127. The van der Waals surface area contributed by atoms with Crippen molar-refractivity contribution in [2.24, 2.45) is 5.92 Å². The third kappa shape index (κ3) is 6.29. The third-order valence-electron chi connectivity index (χ3n) is 6.72. The van der Waals surface area contributed by atoms with Crippen molar-refractivity contribution < 1.29 is 22.4 Å². The molecule has 1 saturated heterocycles. The summed E-state index contributed by atoms with van der Waals surface area (Å²) in [7, 11) is -3.69. The summed E-state index contributed by atoms with van der Waals surface area (Å²) in [5.74, 6) is -1.36. The Labute approximate surface area is 213 Å². The molecule has 0 spiro atoms. The molecule has 1 saturated carbocycles. The standard InChI is InChI=1S/C25H29BrFN3O4S/c26-19-9-13-21(14-10-19)35(33,34)30-15-3-4-18(16-30)25(32)29-23-6-2-1-5-22(23)28-24(31)17-7-11-20(27)12-8-17/h7-14,18,22-23H,1-6,15-16H2,(H,28,31)(H,29,32)/t18?,22-,23-/m1/s1. The average molecular weight is 566 g/mol. The number of piperidine rings is 1. The fraction of sp³-hybridized carbons (Fsp3) is 0.440. The molecule has 2 aromatic rings. The number of nitrogens with one attached hydrogen (secondary N) is 2. The average Bonchev–Trinajstić information content (AvgIpc) is 2.86. The van der Waals surface area contributed by atoms with Crippen molar-refractivity contribution in [3.8, 4) is 0 Å². The van der Waals surface area contributed by atoms with E-state index in [9.17, 15) is 22.4 Å². The number of hydrogen-bond acceptors (Lipinski definition) is 4. The number of nitrogens with zero attached hydrogens (tertiary/aromatic N) is 1. The van der Waals surface area contributed by atoms with Gasteiger partial charge in [-0.3, -0.25) is 9.59 Å². The molecule has 7 nitrogen and oxygen atoms in total. The number of carbonyl (C=O) groups excluding carboxylic acids is 2. The summed E-state index contributed by atoms with van der Waals surface area (Å²) >= 11 is 3.32. The Morgan fingerprint density at radius 2 is 1.51 bits per heavy atom. The first-order valence-corrected chi connectivity index (χ1v) is 14.1. The van der Waals surface area contributed by atoms with Crippen LogP contribution < -0.4 is 10.6 Å². The molecular weight excluding hydrogens is 537 g/mol. The molecule has 2 fully saturated rings. The maximum absolute atomic E-state index is 13.2. The van der Waals surface area contributed by atoms with Gasteiger partial charge in [-0.2, -0.15) is 4.31 Å². The highest BCUT2D eigenvalue weighted by Gasteiger charge is 2.35. The van der Waals surface area contributed by atoms with Gasteiger partial charge in [0, 0.05) is 35.2 Å². The molecule has 10 heteroatoms. The van der Waals surface area contributed by atoms with Gasteiger partial charge in [0.25, 0.3) is 5.91 Å². The highest BCUT2D eigenvalue weighted by atomic mass is 79.9. The zero-order chi connectivity index (χ0) is 25.0. The highest BCUT2D eigenvalue weighted by Crippen LogP contribution is 2.26. The van der Waals surface area contributed by atoms with Crippen LogP contribution in [0.2, 0.25) is 0 Å². The van der Waals surface area contributed by atoms with Crippen LogP contribution in [0.4, 0.5) is 4.39 Å². The molecule has 0 bridgehead atoms. The molecule has 1 aliphatic carbocycles. The summed E-state index contributed by atoms with van der Waals surface area (Å²) in [5.41, 5.74) is 0.364. The summed E-state index contributed by atoms with van der Waals surface area (Å²) in [6.07, 6.45) is 4.53. The lowest BCUT2D eigenvalue weighted by Crippen LogP contribution is -2.55. The molecule has 2 amide bonds. The number of sulfonamides is 1. The van der Waals surface area contributed by atoms with Gasteiger partial charge in [0.2, 0.25) is 15.9 Å². The molecule has 3 atom stereocenters. The van der Waals surface area contributed by atoms with E-state index in [0.717, 1.165) is 30.2 Å². The maximum atomic E-state index is 13.2. The van der Waals surface area contributed by atoms with Crippen molar-refractivity contribution >= 4 is 37.8 Å². The maximum Gasteiger partial charge on any atom is 0.251 e. The second-order valence-corrected chi connectivity index (χ2v) is 12.0. The van der Waals surface area contributed by atoms with Crippen LogP contribution in [-0.4, -0.2) is 49.7 Å². The van der Waals surface area contributed by atoms with Gasteiger partial charge >= 0.3 is 0 Å². The minimum absolute atomic E-state index is 0.129. The molecular formula is C25H29BrFN3O4S. The van der Waals surface area contributed by atoms with Crippen molar-refractivity contribution in [1.29, 1.82) is 0 Å². The highest BCUT2D eigenvalue weighted by molar-refractivity contribution is 9.10. The second-order valence-electron chi connectivity index (χ2n) is 9.14. The lowest BCUT2D eigenvalue weighted by Gasteiger charge is -2.36. The number of benzene rings is 2. The molecule has 188 valence electrons. The molecule has 4 rings (SSSR count). The largest absolute Gasteiger partial charge is 0.351 e. The minimum Gasteiger partial charge on any atom is -0.351 e. The van der Waals surface area contributed by atoms with E-state index in [1.165, 1.54) is 28.6 Å². The molecule has 35 heavy (non-hydrogen) atoms. The van der Waals surface area contributed by atoms with Crippen LogP contribution in [0.3, 0.4) is 0 Å². The van der Waals surface area contributed by atoms with Crippen LogP contribution in [0.15, 0.2) is 57.9 Å².